The molecule has 1 aromatic rings. The lowest BCUT2D eigenvalue weighted by atomic mass is 9.78. The van der Waals surface area contributed by atoms with Crippen LogP contribution in [-0.4, -0.2) is 35.3 Å². The van der Waals surface area contributed by atoms with Crippen LogP contribution in [0, 0.1) is 11.3 Å². The number of hydrogen-bond acceptors (Lipinski definition) is 5. The maximum atomic E-state index is 9.25. The fourth-order valence-electron chi connectivity index (χ4n) is 1.82. The van der Waals surface area contributed by atoms with Crippen LogP contribution in [0.5, 0.6) is 0 Å². The summed E-state index contributed by atoms with van der Waals surface area (Å²) in [7, 11) is -1.66. The second-order valence-corrected chi connectivity index (χ2v) is 4.11. The standard InChI is InChI=1S/C11H13BN4O2/c13-8-9-3-4-11(10(7-9)12(17)18)14-15-16-5-1-2-6-16/h3-4,7,17-18H,1-2,5-6H2. The molecule has 1 saturated heterocycles. The van der Waals surface area contributed by atoms with Crippen molar-refractivity contribution >= 4 is 18.3 Å². The summed E-state index contributed by atoms with van der Waals surface area (Å²) in [5.74, 6) is 0. The molecule has 1 aromatic carbocycles. The van der Waals surface area contributed by atoms with Gasteiger partial charge in [-0.2, -0.15) is 5.26 Å². The summed E-state index contributed by atoms with van der Waals surface area (Å²) in [5.41, 5.74) is 0.922. The quantitative estimate of drug-likeness (QED) is 0.592. The zero-order chi connectivity index (χ0) is 13.0. The van der Waals surface area contributed by atoms with Gasteiger partial charge < -0.3 is 10.0 Å². The van der Waals surface area contributed by atoms with Crippen LogP contribution < -0.4 is 5.46 Å². The topological polar surface area (TPSA) is 92.2 Å². The summed E-state index contributed by atoms with van der Waals surface area (Å²) in [6.45, 7) is 1.74. The van der Waals surface area contributed by atoms with Crippen LogP contribution in [0.15, 0.2) is 28.5 Å². The summed E-state index contributed by atoms with van der Waals surface area (Å²) in [4.78, 5) is 0. The third-order valence-electron chi connectivity index (χ3n) is 2.80. The van der Waals surface area contributed by atoms with Crippen molar-refractivity contribution in [2.75, 3.05) is 13.1 Å². The van der Waals surface area contributed by atoms with Crippen LogP contribution in [0.2, 0.25) is 0 Å². The lowest BCUT2D eigenvalue weighted by molar-refractivity contribution is 0.336. The monoisotopic (exact) mass is 244 g/mol. The number of nitrogens with zero attached hydrogens (tertiary/aromatic N) is 4. The molecule has 2 N–H and O–H groups in total. The van der Waals surface area contributed by atoms with Crippen molar-refractivity contribution in [1.82, 2.24) is 5.01 Å². The van der Waals surface area contributed by atoms with E-state index in [2.05, 4.69) is 10.3 Å². The highest BCUT2D eigenvalue weighted by Gasteiger charge is 2.17. The summed E-state index contributed by atoms with van der Waals surface area (Å²) < 4.78 is 0. The van der Waals surface area contributed by atoms with E-state index in [9.17, 15) is 10.0 Å². The molecule has 0 radical (unpaired) electrons. The molecule has 18 heavy (non-hydrogen) atoms. The van der Waals surface area contributed by atoms with Gasteiger partial charge in [-0.25, -0.2) is 0 Å². The molecule has 0 spiro atoms. The van der Waals surface area contributed by atoms with Crippen molar-refractivity contribution in [2.24, 2.45) is 10.3 Å². The molecule has 6 nitrogen and oxygen atoms in total. The van der Waals surface area contributed by atoms with Gasteiger partial charge in [-0.1, -0.05) is 5.22 Å². The zero-order valence-corrected chi connectivity index (χ0v) is 9.82. The lowest BCUT2D eigenvalue weighted by Gasteiger charge is -2.08. The van der Waals surface area contributed by atoms with Crippen LogP contribution in [0.1, 0.15) is 18.4 Å². The minimum absolute atomic E-state index is 0.192. The van der Waals surface area contributed by atoms with Gasteiger partial charge in [-0.05, 0) is 31.0 Å². The molecule has 0 aromatic heterocycles. The maximum Gasteiger partial charge on any atom is 0.490 e. The van der Waals surface area contributed by atoms with Crippen LogP contribution in [0.4, 0.5) is 5.69 Å². The normalized spacial score (nSPS) is 15.1. The number of benzene rings is 1. The van der Waals surface area contributed by atoms with E-state index in [4.69, 9.17) is 5.26 Å². The molecule has 1 aliphatic rings. The first kappa shape index (κ1) is 12.5. The van der Waals surface area contributed by atoms with Gasteiger partial charge in [0.2, 0.25) is 0 Å². The Bertz CT molecular complexity index is 492. The van der Waals surface area contributed by atoms with Crippen molar-refractivity contribution < 1.29 is 10.0 Å². The maximum absolute atomic E-state index is 9.25. The van der Waals surface area contributed by atoms with Crippen molar-refractivity contribution in [3.8, 4) is 6.07 Å². The third kappa shape index (κ3) is 2.86. The van der Waals surface area contributed by atoms with Gasteiger partial charge in [0.15, 0.2) is 0 Å². The second-order valence-electron chi connectivity index (χ2n) is 4.11. The Hall–Kier alpha value is -1.91. The SMILES string of the molecule is N#Cc1ccc(N=NN2CCCC2)c(B(O)O)c1. The summed E-state index contributed by atoms with van der Waals surface area (Å²) >= 11 is 0. The number of nitriles is 1. The second kappa shape index (κ2) is 5.62. The van der Waals surface area contributed by atoms with Crippen molar-refractivity contribution in [1.29, 1.82) is 5.26 Å². The molecule has 0 amide bonds. The first-order chi connectivity index (χ1) is 8.70. The summed E-state index contributed by atoms with van der Waals surface area (Å²) in [6.07, 6.45) is 2.20. The molecule has 7 heteroatoms. The van der Waals surface area contributed by atoms with Crippen LogP contribution in [0.3, 0.4) is 0 Å². The van der Waals surface area contributed by atoms with Crippen molar-refractivity contribution in [3.05, 3.63) is 23.8 Å². The van der Waals surface area contributed by atoms with E-state index in [0.717, 1.165) is 25.9 Å². The number of hydrogen-bond donors (Lipinski definition) is 2. The molecule has 1 heterocycles. The number of rotatable bonds is 3. The van der Waals surface area contributed by atoms with Gasteiger partial charge in [0, 0.05) is 18.6 Å². The minimum atomic E-state index is -1.66. The molecular formula is C11H13BN4O2. The van der Waals surface area contributed by atoms with E-state index < -0.39 is 7.12 Å². The molecule has 92 valence electrons. The Balaban J connectivity index is 2.23. The van der Waals surface area contributed by atoms with E-state index >= 15 is 0 Å². The van der Waals surface area contributed by atoms with E-state index in [1.165, 1.54) is 6.07 Å². The first-order valence-corrected chi connectivity index (χ1v) is 5.77. The Morgan fingerprint density at radius 3 is 2.61 bits per heavy atom. The summed E-state index contributed by atoms with van der Waals surface area (Å²) in [6, 6.07) is 6.48. The minimum Gasteiger partial charge on any atom is -0.423 e. The van der Waals surface area contributed by atoms with E-state index in [1.807, 2.05) is 11.1 Å². The smallest absolute Gasteiger partial charge is 0.423 e. The molecule has 1 aliphatic heterocycles. The summed E-state index contributed by atoms with van der Waals surface area (Å²) in [5, 5.41) is 37.1. The van der Waals surface area contributed by atoms with Gasteiger partial charge in [0.1, 0.15) is 0 Å². The van der Waals surface area contributed by atoms with Crippen LogP contribution in [0.25, 0.3) is 0 Å². The third-order valence-corrected chi connectivity index (χ3v) is 2.80. The van der Waals surface area contributed by atoms with Gasteiger partial charge in [-0.3, -0.25) is 5.01 Å². The van der Waals surface area contributed by atoms with Gasteiger partial charge in [-0.15, -0.1) is 5.11 Å². The predicted molar refractivity (Wildman–Crippen MR) is 66.3 cm³/mol. The fourth-order valence-corrected chi connectivity index (χ4v) is 1.82. The molecule has 1 fully saturated rings. The largest absolute Gasteiger partial charge is 0.490 e. The van der Waals surface area contributed by atoms with Gasteiger partial charge in [0.25, 0.3) is 0 Å². The highest BCUT2D eigenvalue weighted by atomic mass is 16.4. The zero-order valence-electron chi connectivity index (χ0n) is 9.82. The average molecular weight is 244 g/mol. The molecule has 0 aliphatic carbocycles. The fraction of sp³-hybridized carbons (Fsp3) is 0.364. The van der Waals surface area contributed by atoms with Crippen LogP contribution in [-0.2, 0) is 0 Å². The Kier molecular flexibility index (Phi) is 3.92. The Morgan fingerprint density at radius 1 is 1.28 bits per heavy atom. The van der Waals surface area contributed by atoms with Gasteiger partial charge >= 0.3 is 7.12 Å². The lowest BCUT2D eigenvalue weighted by Crippen LogP contribution is -2.30. The predicted octanol–water partition coefficient (Wildman–Crippen LogP) is 0.333. The average Bonchev–Trinajstić information content (AvgIpc) is 2.89. The molecule has 2 rings (SSSR count). The first-order valence-electron chi connectivity index (χ1n) is 5.77. The van der Waals surface area contributed by atoms with E-state index in [-0.39, 0.29) is 5.46 Å². The highest BCUT2D eigenvalue weighted by Crippen LogP contribution is 2.14. The van der Waals surface area contributed by atoms with Crippen LogP contribution >= 0.6 is 0 Å². The van der Waals surface area contributed by atoms with Crippen molar-refractivity contribution in [2.45, 2.75) is 12.8 Å². The van der Waals surface area contributed by atoms with E-state index in [0.29, 0.717) is 11.3 Å². The molecule has 0 unspecified atom stereocenters. The Labute approximate surface area is 105 Å². The van der Waals surface area contributed by atoms with E-state index in [1.54, 1.807) is 12.1 Å². The molecule has 0 atom stereocenters. The van der Waals surface area contributed by atoms with Gasteiger partial charge in [0.05, 0.1) is 17.3 Å². The molecule has 0 bridgehead atoms. The Morgan fingerprint density at radius 2 is 2.00 bits per heavy atom. The van der Waals surface area contributed by atoms with Crippen molar-refractivity contribution in [3.63, 3.8) is 0 Å². The molecule has 0 saturated carbocycles. The molecular weight excluding hydrogens is 231 g/mol. The highest BCUT2D eigenvalue weighted by molar-refractivity contribution is 6.60.